The van der Waals surface area contributed by atoms with Crippen molar-refractivity contribution in [3.05, 3.63) is 0 Å². The molecule has 0 aliphatic carbocycles. The summed E-state index contributed by atoms with van der Waals surface area (Å²) in [6, 6.07) is 0.461. The van der Waals surface area contributed by atoms with Crippen LogP contribution < -0.4 is 5.73 Å². The van der Waals surface area contributed by atoms with Gasteiger partial charge < -0.3 is 10.6 Å². The fourth-order valence-corrected chi connectivity index (χ4v) is 1.81. The molecule has 1 aliphatic heterocycles. The number of nitrogens with zero attached hydrogens (tertiary/aromatic N) is 2. The molecule has 1 amide bonds. The van der Waals surface area contributed by atoms with Crippen LogP contribution in [0.1, 0.15) is 20.8 Å². The molecule has 0 aromatic rings. The summed E-state index contributed by atoms with van der Waals surface area (Å²) in [5.41, 5.74) is 5.56. The maximum atomic E-state index is 11.8. The topological polar surface area (TPSA) is 49.6 Å². The first-order valence-corrected chi connectivity index (χ1v) is 5.76. The molecular weight excluding hydrogens is 190 g/mol. The molecule has 1 saturated heterocycles. The van der Waals surface area contributed by atoms with Crippen LogP contribution in [0.15, 0.2) is 0 Å². The van der Waals surface area contributed by atoms with E-state index in [1.165, 1.54) is 0 Å². The zero-order chi connectivity index (χ0) is 11.4. The second-order valence-electron chi connectivity index (χ2n) is 4.74. The van der Waals surface area contributed by atoms with E-state index in [9.17, 15) is 4.79 Å². The molecule has 4 heteroatoms. The van der Waals surface area contributed by atoms with Crippen LogP contribution >= 0.6 is 0 Å². The van der Waals surface area contributed by atoms with Crippen molar-refractivity contribution in [1.82, 2.24) is 9.80 Å². The molecule has 15 heavy (non-hydrogen) atoms. The van der Waals surface area contributed by atoms with Crippen molar-refractivity contribution < 1.29 is 4.79 Å². The van der Waals surface area contributed by atoms with E-state index in [2.05, 4.69) is 25.7 Å². The molecule has 4 nitrogen and oxygen atoms in total. The third-order valence-corrected chi connectivity index (χ3v) is 3.01. The van der Waals surface area contributed by atoms with Gasteiger partial charge in [0.25, 0.3) is 0 Å². The average molecular weight is 213 g/mol. The van der Waals surface area contributed by atoms with Gasteiger partial charge in [-0.15, -0.1) is 0 Å². The lowest BCUT2D eigenvalue weighted by molar-refractivity contribution is -0.137. The Morgan fingerprint density at radius 2 is 2.00 bits per heavy atom. The molecule has 1 rings (SSSR count). The summed E-state index contributed by atoms with van der Waals surface area (Å²) in [7, 11) is 0. The predicted molar refractivity (Wildman–Crippen MR) is 61.5 cm³/mol. The summed E-state index contributed by atoms with van der Waals surface area (Å²) in [4.78, 5) is 16.0. The van der Waals surface area contributed by atoms with Crippen LogP contribution in [0.4, 0.5) is 0 Å². The Labute approximate surface area is 92.4 Å². The monoisotopic (exact) mass is 213 g/mol. The third-order valence-electron chi connectivity index (χ3n) is 3.01. The summed E-state index contributed by atoms with van der Waals surface area (Å²) in [6.45, 7) is 10.2. The Hall–Kier alpha value is -0.610. The molecule has 2 N–H and O–H groups in total. The molecule has 0 aromatic carbocycles. The minimum absolute atomic E-state index is 0.246. The van der Waals surface area contributed by atoms with Gasteiger partial charge in [0.15, 0.2) is 0 Å². The maximum absolute atomic E-state index is 11.8. The highest BCUT2D eigenvalue weighted by molar-refractivity contribution is 5.79. The van der Waals surface area contributed by atoms with Crippen LogP contribution in [0.5, 0.6) is 0 Å². The minimum Gasteiger partial charge on any atom is -0.340 e. The molecule has 0 saturated carbocycles. The Morgan fingerprint density at radius 1 is 1.33 bits per heavy atom. The number of piperazine rings is 1. The molecule has 0 bridgehead atoms. The van der Waals surface area contributed by atoms with Gasteiger partial charge in [-0.25, -0.2) is 0 Å². The highest BCUT2D eigenvalue weighted by atomic mass is 16.2. The molecule has 88 valence electrons. The molecular formula is C11H23N3O. The Balaban J connectivity index is 2.42. The van der Waals surface area contributed by atoms with Crippen LogP contribution in [0.2, 0.25) is 0 Å². The number of carbonyl (C=O) groups is 1. The number of carbonyl (C=O) groups excluding carboxylic acids is 1. The van der Waals surface area contributed by atoms with Crippen molar-refractivity contribution in [1.29, 1.82) is 0 Å². The highest BCUT2D eigenvalue weighted by Crippen LogP contribution is 2.08. The van der Waals surface area contributed by atoms with E-state index in [1.807, 2.05) is 4.90 Å². The van der Waals surface area contributed by atoms with Crippen molar-refractivity contribution in [2.75, 3.05) is 32.7 Å². The summed E-state index contributed by atoms with van der Waals surface area (Å²) < 4.78 is 0. The van der Waals surface area contributed by atoms with E-state index in [4.69, 9.17) is 5.73 Å². The summed E-state index contributed by atoms with van der Waals surface area (Å²) >= 11 is 0. The number of hydrogen-bond acceptors (Lipinski definition) is 3. The number of rotatable bonds is 4. The SMILES string of the molecule is CC(CN)CN1CCN(C(C)C)CC1=O. The second kappa shape index (κ2) is 5.47. The van der Waals surface area contributed by atoms with Gasteiger partial charge in [0.1, 0.15) is 0 Å². The van der Waals surface area contributed by atoms with Crippen molar-refractivity contribution in [3.8, 4) is 0 Å². The Kier molecular flexibility index (Phi) is 4.54. The molecule has 0 spiro atoms. The quantitative estimate of drug-likeness (QED) is 0.722. The van der Waals surface area contributed by atoms with Gasteiger partial charge in [-0.05, 0) is 26.3 Å². The van der Waals surface area contributed by atoms with Gasteiger partial charge in [-0.2, -0.15) is 0 Å². The van der Waals surface area contributed by atoms with Crippen LogP contribution in [0, 0.1) is 5.92 Å². The first-order chi connectivity index (χ1) is 7.04. The molecule has 1 atom stereocenters. The molecule has 0 aromatic heterocycles. The zero-order valence-corrected chi connectivity index (χ0v) is 10.1. The normalized spacial score (nSPS) is 21.1. The van der Waals surface area contributed by atoms with Gasteiger partial charge in [0, 0.05) is 25.7 Å². The molecule has 1 aliphatic rings. The van der Waals surface area contributed by atoms with Crippen LogP contribution in [-0.2, 0) is 4.79 Å². The summed E-state index contributed by atoms with van der Waals surface area (Å²) in [6.07, 6.45) is 0. The Bertz CT molecular complexity index is 218. The van der Waals surface area contributed by atoms with E-state index >= 15 is 0 Å². The number of nitrogens with two attached hydrogens (primary N) is 1. The minimum atomic E-state index is 0.246. The first kappa shape index (κ1) is 12.5. The van der Waals surface area contributed by atoms with Gasteiger partial charge >= 0.3 is 0 Å². The van der Waals surface area contributed by atoms with Crippen molar-refractivity contribution in [2.45, 2.75) is 26.8 Å². The molecule has 1 unspecified atom stereocenters. The van der Waals surface area contributed by atoms with E-state index in [-0.39, 0.29) is 5.91 Å². The average Bonchev–Trinajstić information content (AvgIpc) is 2.20. The standard InChI is InChI=1S/C11H23N3O/c1-9(2)13-4-5-14(11(15)8-13)7-10(3)6-12/h9-10H,4-8,12H2,1-3H3. The highest BCUT2D eigenvalue weighted by Gasteiger charge is 2.25. The largest absolute Gasteiger partial charge is 0.340 e. The van der Waals surface area contributed by atoms with Crippen LogP contribution in [-0.4, -0.2) is 54.5 Å². The maximum Gasteiger partial charge on any atom is 0.236 e. The zero-order valence-electron chi connectivity index (χ0n) is 10.1. The molecule has 1 heterocycles. The van der Waals surface area contributed by atoms with E-state index in [0.717, 1.165) is 19.6 Å². The van der Waals surface area contributed by atoms with Gasteiger partial charge in [-0.3, -0.25) is 9.69 Å². The van der Waals surface area contributed by atoms with Gasteiger partial charge in [-0.1, -0.05) is 6.92 Å². The van der Waals surface area contributed by atoms with Crippen LogP contribution in [0.3, 0.4) is 0 Å². The third kappa shape index (κ3) is 3.47. The van der Waals surface area contributed by atoms with Crippen molar-refractivity contribution in [2.24, 2.45) is 11.7 Å². The Morgan fingerprint density at radius 3 is 2.47 bits per heavy atom. The lowest BCUT2D eigenvalue weighted by Gasteiger charge is -2.37. The van der Waals surface area contributed by atoms with E-state index in [1.54, 1.807) is 0 Å². The smallest absolute Gasteiger partial charge is 0.236 e. The second-order valence-corrected chi connectivity index (χ2v) is 4.74. The van der Waals surface area contributed by atoms with E-state index in [0.29, 0.717) is 25.0 Å². The fraction of sp³-hybridized carbons (Fsp3) is 0.909. The van der Waals surface area contributed by atoms with Crippen LogP contribution in [0.25, 0.3) is 0 Å². The van der Waals surface area contributed by atoms with Crippen molar-refractivity contribution >= 4 is 5.91 Å². The van der Waals surface area contributed by atoms with Crippen molar-refractivity contribution in [3.63, 3.8) is 0 Å². The lowest BCUT2D eigenvalue weighted by Crippen LogP contribution is -2.53. The molecule has 0 radical (unpaired) electrons. The van der Waals surface area contributed by atoms with Gasteiger partial charge in [0.05, 0.1) is 6.54 Å². The van der Waals surface area contributed by atoms with Gasteiger partial charge in [0.2, 0.25) is 5.91 Å². The summed E-state index contributed by atoms with van der Waals surface area (Å²) in [5, 5.41) is 0. The van der Waals surface area contributed by atoms with E-state index < -0.39 is 0 Å². The number of hydrogen-bond donors (Lipinski definition) is 1. The predicted octanol–water partition coefficient (Wildman–Crippen LogP) is 0.134. The summed E-state index contributed by atoms with van der Waals surface area (Å²) in [5.74, 6) is 0.648. The first-order valence-electron chi connectivity index (χ1n) is 5.76. The fourth-order valence-electron chi connectivity index (χ4n) is 1.81. The number of amides is 1. The lowest BCUT2D eigenvalue weighted by atomic mass is 10.1. The molecule has 1 fully saturated rings.